The second-order valence-electron chi connectivity index (χ2n) is 5.19. The number of hydrogen-bond acceptors (Lipinski definition) is 2. The molecular weight excluding hydrogens is 248 g/mol. The summed E-state index contributed by atoms with van der Waals surface area (Å²) in [4.78, 5) is 14.6. The lowest BCUT2D eigenvalue weighted by Crippen LogP contribution is -2.39. The first-order valence-electron chi connectivity index (χ1n) is 6.45. The Kier molecular flexibility index (Phi) is 3.04. The second-order valence-corrected chi connectivity index (χ2v) is 5.59. The Morgan fingerprint density at radius 2 is 2.28 bits per heavy atom. The van der Waals surface area contributed by atoms with E-state index in [1.54, 1.807) is 0 Å². The van der Waals surface area contributed by atoms with Gasteiger partial charge in [-0.2, -0.15) is 0 Å². The van der Waals surface area contributed by atoms with Gasteiger partial charge in [-0.05, 0) is 37.0 Å². The van der Waals surface area contributed by atoms with E-state index < -0.39 is 0 Å². The van der Waals surface area contributed by atoms with Gasteiger partial charge in [0.2, 0.25) is 0 Å². The molecule has 3 rings (SSSR count). The summed E-state index contributed by atoms with van der Waals surface area (Å²) in [6.07, 6.45) is 1.11. The van der Waals surface area contributed by atoms with Crippen molar-refractivity contribution in [1.29, 1.82) is 0 Å². The van der Waals surface area contributed by atoms with Crippen molar-refractivity contribution in [3.05, 3.63) is 34.3 Å². The molecule has 0 aromatic heterocycles. The largest absolute Gasteiger partial charge is 0.334 e. The summed E-state index contributed by atoms with van der Waals surface area (Å²) in [6, 6.07) is 5.93. The van der Waals surface area contributed by atoms with E-state index in [1.807, 2.05) is 30.0 Å². The lowest BCUT2D eigenvalue weighted by Gasteiger charge is -2.24. The number of nitrogens with one attached hydrogen (secondary N) is 1. The lowest BCUT2D eigenvalue weighted by molar-refractivity contribution is 0.0736. The number of hydrogen-bond donors (Lipinski definition) is 1. The average Bonchev–Trinajstić information content (AvgIpc) is 2.94. The van der Waals surface area contributed by atoms with Crippen molar-refractivity contribution in [2.45, 2.75) is 19.4 Å². The summed E-state index contributed by atoms with van der Waals surface area (Å²) in [5, 5.41) is 4.03. The number of halogens is 1. The number of benzene rings is 1. The zero-order chi connectivity index (χ0) is 12.7. The molecule has 1 N–H and O–H groups in total. The maximum Gasteiger partial charge on any atom is 0.254 e. The highest BCUT2D eigenvalue weighted by atomic mass is 35.5. The van der Waals surface area contributed by atoms with Crippen LogP contribution in [0.2, 0.25) is 5.02 Å². The number of carbonyl (C=O) groups excluding carboxylic acids is 1. The first-order valence-corrected chi connectivity index (χ1v) is 6.83. The van der Waals surface area contributed by atoms with Crippen LogP contribution in [0.25, 0.3) is 0 Å². The molecule has 2 saturated heterocycles. The normalized spacial score (nSPS) is 26.4. The van der Waals surface area contributed by atoms with Gasteiger partial charge in [0.15, 0.2) is 0 Å². The molecule has 0 aliphatic carbocycles. The molecule has 0 bridgehead atoms. The molecule has 2 heterocycles. The first-order chi connectivity index (χ1) is 8.68. The van der Waals surface area contributed by atoms with Crippen molar-refractivity contribution in [1.82, 2.24) is 10.2 Å². The molecule has 4 heteroatoms. The Morgan fingerprint density at radius 1 is 1.44 bits per heavy atom. The Bertz CT molecular complexity index is 489. The Morgan fingerprint density at radius 3 is 3.11 bits per heavy atom. The van der Waals surface area contributed by atoms with Crippen molar-refractivity contribution < 1.29 is 4.79 Å². The van der Waals surface area contributed by atoms with E-state index in [-0.39, 0.29) is 5.91 Å². The highest BCUT2D eigenvalue weighted by Crippen LogP contribution is 2.30. The molecule has 1 aromatic rings. The maximum atomic E-state index is 12.6. The molecule has 96 valence electrons. The molecule has 1 amide bonds. The first kappa shape index (κ1) is 12.0. The molecule has 2 aliphatic rings. The summed E-state index contributed by atoms with van der Waals surface area (Å²) < 4.78 is 0. The second kappa shape index (κ2) is 4.56. The SMILES string of the molecule is Cc1c(Cl)cccc1C(=O)N1CC[C@H]2CNC[C@H]21. The summed E-state index contributed by atoms with van der Waals surface area (Å²) in [5.74, 6) is 0.764. The average molecular weight is 265 g/mol. The maximum absolute atomic E-state index is 12.6. The third-order valence-electron chi connectivity index (χ3n) is 4.20. The van der Waals surface area contributed by atoms with Gasteiger partial charge in [0, 0.05) is 36.3 Å². The zero-order valence-electron chi connectivity index (χ0n) is 10.4. The fraction of sp³-hybridized carbons (Fsp3) is 0.500. The highest BCUT2D eigenvalue weighted by molar-refractivity contribution is 6.31. The number of amides is 1. The van der Waals surface area contributed by atoms with Crippen LogP contribution in [-0.2, 0) is 0 Å². The monoisotopic (exact) mass is 264 g/mol. The minimum absolute atomic E-state index is 0.131. The molecular formula is C14H17ClN2O. The van der Waals surface area contributed by atoms with E-state index in [4.69, 9.17) is 11.6 Å². The van der Waals surface area contributed by atoms with E-state index in [9.17, 15) is 4.79 Å². The quantitative estimate of drug-likeness (QED) is 0.842. The molecule has 2 atom stereocenters. The molecule has 18 heavy (non-hydrogen) atoms. The lowest BCUT2D eigenvalue weighted by atomic mass is 10.0. The molecule has 0 unspecified atom stereocenters. The number of likely N-dealkylation sites (tertiary alicyclic amines) is 1. The number of rotatable bonds is 1. The molecule has 0 saturated carbocycles. The summed E-state index contributed by atoms with van der Waals surface area (Å²) in [5.41, 5.74) is 1.63. The van der Waals surface area contributed by atoms with Crippen LogP contribution in [-0.4, -0.2) is 36.5 Å². The Balaban J connectivity index is 1.88. The summed E-state index contributed by atoms with van der Waals surface area (Å²) in [7, 11) is 0. The minimum atomic E-state index is 0.131. The van der Waals surface area contributed by atoms with Crippen molar-refractivity contribution in [2.75, 3.05) is 19.6 Å². The predicted molar refractivity (Wildman–Crippen MR) is 72.0 cm³/mol. The van der Waals surface area contributed by atoms with Crippen LogP contribution in [0.3, 0.4) is 0 Å². The topological polar surface area (TPSA) is 32.3 Å². The standard InChI is InChI=1S/C14H17ClN2O/c1-9-11(3-2-4-12(9)15)14(18)17-6-5-10-7-16-8-13(10)17/h2-4,10,13,16H,5-8H2,1H3/t10-,13+/m0/s1. The van der Waals surface area contributed by atoms with Crippen LogP contribution in [0, 0.1) is 12.8 Å². The van der Waals surface area contributed by atoms with Gasteiger partial charge in [0.25, 0.3) is 5.91 Å². The van der Waals surface area contributed by atoms with Gasteiger partial charge < -0.3 is 10.2 Å². The molecule has 2 aliphatic heterocycles. The fourth-order valence-corrected chi connectivity index (χ4v) is 3.27. The van der Waals surface area contributed by atoms with Crippen LogP contribution in [0.1, 0.15) is 22.3 Å². The van der Waals surface area contributed by atoms with Crippen LogP contribution in [0.15, 0.2) is 18.2 Å². The molecule has 2 fully saturated rings. The highest BCUT2D eigenvalue weighted by Gasteiger charge is 2.40. The van der Waals surface area contributed by atoms with Gasteiger partial charge in [0.1, 0.15) is 0 Å². The Labute approximate surface area is 112 Å². The van der Waals surface area contributed by atoms with E-state index in [0.29, 0.717) is 17.0 Å². The number of fused-ring (bicyclic) bond motifs is 1. The number of carbonyl (C=O) groups is 1. The summed E-state index contributed by atoms with van der Waals surface area (Å²) >= 11 is 6.09. The number of nitrogens with zero attached hydrogens (tertiary/aromatic N) is 1. The molecule has 1 aromatic carbocycles. The predicted octanol–water partition coefficient (Wildman–Crippen LogP) is 2.08. The van der Waals surface area contributed by atoms with Gasteiger partial charge in [-0.25, -0.2) is 0 Å². The molecule has 0 spiro atoms. The van der Waals surface area contributed by atoms with Crippen LogP contribution in [0.4, 0.5) is 0 Å². The van der Waals surface area contributed by atoms with Gasteiger partial charge in [-0.15, -0.1) is 0 Å². The van der Waals surface area contributed by atoms with Crippen molar-refractivity contribution in [3.63, 3.8) is 0 Å². The fourth-order valence-electron chi connectivity index (χ4n) is 3.10. The van der Waals surface area contributed by atoms with Gasteiger partial charge in [0.05, 0.1) is 0 Å². The van der Waals surface area contributed by atoms with Gasteiger partial charge in [-0.1, -0.05) is 17.7 Å². The van der Waals surface area contributed by atoms with E-state index in [2.05, 4.69) is 5.32 Å². The van der Waals surface area contributed by atoms with Crippen molar-refractivity contribution in [2.24, 2.45) is 5.92 Å². The van der Waals surface area contributed by atoms with E-state index in [1.165, 1.54) is 0 Å². The van der Waals surface area contributed by atoms with E-state index in [0.717, 1.165) is 37.2 Å². The van der Waals surface area contributed by atoms with Crippen molar-refractivity contribution in [3.8, 4) is 0 Å². The molecule has 3 nitrogen and oxygen atoms in total. The van der Waals surface area contributed by atoms with E-state index >= 15 is 0 Å². The van der Waals surface area contributed by atoms with Gasteiger partial charge in [-0.3, -0.25) is 4.79 Å². The molecule has 0 radical (unpaired) electrons. The smallest absolute Gasteiger partial charge is 0.254 e. The van der Waals surface area contributed by atoms with Crippen LogP contribution >= 0.6 is 11.6 Å². The minimum Gasteiger partial charge on any atom is -0.334 e. The van der Waals surface area contributed by atoms with Crippen molar-refractivity contribution >= 4 is 17.5 Å². The third-order valence-corrected chi connectivity index (χ3v) is 4.61. The van der Waals surface area contributed by atoms with Crippen LogP contribution in [0.5, 0.6) is 0 Å². The Hall–Kier alpha value is -1.06. The van der Waals surface area contributed by atoms with Crippen LogP contribution < -0.4 is 5.32 Å². The third kappa shape index (κ3) is 1.82. The summed E-state index contributed by atoms with van der Waals surface area (Å²) in [6.45, 7) is 4.76. The zero-order valence-corrected chi connectivity index (χ0v) is 11.2. The van der Waals surface area contributed by atoms with Gasteiger partial charge >= 0.3 is 0 Å².